The zero-order valence-corrected chi connectivity index (χ0v) is 14.8. The van der Waals surface area contributed by atoms with E-state index in [0.717, 1.165) is 28.2 Å². The highest BCUT2D eigenvalue weighted by Gasteiger charge is 2.16. The largest absolute Gasteiger partial charge is 0.306 e. The lowest BCUT2D eigenvalue weighted by atomic mass is 10.1. The van der Waals surface area contributed by atoms with Crippen molar-refractivity contribution < 1.29 is 4.79 Å². The molecule has 3 aromatic rings. The van der Waals surface area contributed by atoms with Gasteiger partial charge < -0.3 is 5.32 Å². The summed E-state index contributed by atoms with van der Waals surface area (Å²) < 4.78 is 0. The van der Waals surface area contributed by atoms with E-state index >= 15 is 0 Å². The van der Waals surface area contributed by atoms with Gasteiger partial charge in [-0.15, -0.1) is 11.3 Å². The minimum absolute atomic E-state index is 0.169. The molecule has 0 saturated carbocycles. The minimum atomic E-state index is -0.169. The number of carbonyl (C=O) groups is 1. The lowest BCUT2D eigenvalue weighted by molar-refractivity contribution is 0.102. The molecule has 0 spiro atoms. The summed E-state index contributed by atoms with van der Waals surface area (Å²) in [5, 5.41) is 3.69. The van der Waals surface area contributed by atoms with E-state index in [1.54, 1.807) is 12.3 Å². The first kappa shape index (κ1) is 16.3. The molecule has 1 amide bonds. The highest BCUT2D eigenvalue weighted by Crippen LogP contribution is 2.28. The number of pyridine rings is 1. The molecular formula is C19H19N3OS. The van der Waals surface area contributed by atoms with Gasteiger partial charge in [0.15, 0.2) is 0 Å². The molecule has 0 aliphatic heterocycles. The Kier molecular flexibility index (Phi) is 4.71. The Morgan fingerprint density at radius 3 is 2.50 bits per heavy atom. The van der Waals surface area contributed by atoms with Gasteiger partial charge in [0, 0.05) is 11.8 Å². The second-order valence-electron chi connectivity index (χ2n) is 5.66. The van der Waals surface area contributed by atoms with Crippen molar-refractivity contribution in [2.45, 2.75) is 27.2 Å². The van der Waals surface area contributed by atoms with E-state index in [9.17, 15) is 4.79 Å². The first-order valence-electron chi connectivity index (χ1n) is 7.87. The van der Waals surface area contributed by atoms with Crippen LogP contribution in [0.25, 0.3) is 10.6 Å². The predicted octanol–water partition coefficient (Wildman–Crippen LogP) is 4.64. The molecule has 24 heavy (non-hydrogen) atoms. The third-order valence-corrected chi connectivity index (χ3v) is 4.97. The molecule has 0 aliphatic carbocycles. The standard InChI is InChI=1S/C19H19N3OS/c1-4-14-6-8-15(9-7-14)19-21-13(3)17(24-19)18(23)22-16-10-5-12(2)11-20-16/h5-11H,4H2,1-3H3,(H,20,22,23). The molecule has 1 N–H and O–H groups in total. The summed E-state index contributed by atoms with van der Waals surface area (Å²) in [6.45, 7) is 5.95. The highest BCUT2D eigenvalue weighted by molar-refractivity contribution is 7.17. The van der Waals surface area contributed by atoms with Crippen molar-refractivity contribution in [1.82, 2.24) is 9.97 Å². The predicted molar refractivity (Wildman–Crippen MR) is 98.6 cm³/mol. The average molecular weight is 337 g/mol. The fourth-order valence-electron chi connectivity index (χ4n) is 2.33. The molecule has 0 saturated heterocycles. The number of thiazole rings is 1. The van der Waals surface area contributed by atoms with Crippen LogP contribution < -0.4 is 5.32 Å². The number of hydrogen-bond donors (Lipinski definition) is 1. The maximum Gasteiger partial charge on any atom is 0.268 e. The molecule has 0 radical (unpaired) electrons. The van der Waals surface area contributed by atoms with Crippen LogP contribution in [0.15, 0.2) is 42.6 Å². The number of nitrogens with zero attached hydrogens (tertiary/aromatic N) is 2. The average Bonchev–Trinajstić information content (AvgIpc) is 2.99. The van der Waals surface area contributed by atoms with Crippen LogP contribution in [-0.2, 0) is 6.42 Å². The summed E-state index contributed by atoms with van der Waals surface area (Å²) in [5.41, 5.74) is 4.11. The quantitative estimate of drug-likeness (QED) is 0.755. The van der Waals surface area contributed by atoms with Gasteiger partial charge in [-0.2, -0.15) is 0 Å². The van der Waals surface area contributed by atoms with Gasteiger partial charge in [-0.05, 0) is 37.5 Å². The Morgan fingerprint density at radius 1 is 1.12 bits per heavy atom. The second kappa shape index (κ2) is 6.93. The normalized spacial score (nSPS) is 10.6. The van der Waals surface area contributed by atoms with E-state index < -0.39 is 0 Å². The molecule has 0 atom stereocenters. The molecule has 0 bridgehead atoms. The highest BCUT2D eigenvalue weighted by atomic mass is 32.1. The van der Waals surface area contributed by atoms with Crippen LogP contribution in [0.5, 0.6) is 0 Å². The van der Waals surface area contributed by atoms with Crippen molar-refractivity contribution >= 4 is 23.1 Å². The van der Waals surface area contributed by atoms with Gasteiger partial charge >= 0.3 is 0 Å². The van der Waals surface area contributed by atoms with Gasteiger partial charge in [0.1, 0.15) is 15.7 Å². The third kappa shape index (κ3) is 3.51. The van der Waals surface area contributed by atoms with Crippen molar-refractivity contribution in [3.63, 3.8) is 0 Å². The third-order valence-electron chi connectivity index (χ3n) is 3.76. The maximum absolute atomic E-state index is 12.5. The summed E-state index contributed by atoms with van der Waals surface area (Å²) >= 11 is 1.41. The molecule has 5 heteroatoms. The smallest absolute Gasteiger partial charge is 0.268 e. The molecular weight excluding hydrogens is 318 g/mol. The van der Waals surface area contributed by atoms with Crippen LogP contribution in [0, 0.1) is 13.8 Å². The zero-order chi connectivity index (χ0) is 17.1. The Bertz CT molecular complexity index is 851. The van der Waals surface area contributed by atoms with Crippen molar-refractivity contribution in [1.29, 1.82) is 0 Å². The van der Waals surface area contributed by atoms with Crippen molar-refractivity contribution in [2.75, 3.05) is 5.32 Å². The van der Waals surface area contributed by atoms with E-state index in [1.807, 2.05) is 19.9 Å². The molecule has 2 heterocycles. The van der Waals surface area contributed by atoms with Gasteiger partial charge in [-0.1, -0.05) is 37.3 Å². The van der Waals surface area contributed by atoms with E-state index in [-0.39, 0.29) is 5.91 Å². The molecule has 0 aliphatic rings. The number of amides is 1. The first-order valence-corrected chi connectivity index (χ1v) is 8.69. The molecule has 0 unspecified atom stereocenters. The van der Waals surface area contributed by atoms with E-state index in [2.05, 4.69) is 46.5 Å². The summed E-state index contributed by atoms with van der Waals surface area (Å²) in [5.74, 6) is 0.380. The van der Waals surface area contributed by atoms with Crippen LogP contribution >= 0.6 is 11.3 Å². The fraction of sp³-hybridized carbons (Fsp3) is 0.211. The Morgan fingerprint density at radius 2 is 1.88 bits per heavy atom. The summed E-state index contributed by atoms with van der Waals surface area (Å²) in [4.78, 5) is 21.9. The molecule has 4 nitrogen and oxygen atoms in total. The zero-order valence-electron chi connectivity index (χ0n) is 14.0. The maximum atomic E-state index is 12.5. The molecule has 0 fully saturated rings. The Balaban J connectivity index is 1.82. The number of anilines is 1. The van der Waals surface area contributed by atoms with Gasteiger partial charge in [0.2, 0.25) is 0 Å². The number of hydrogen-bond acceptors (Lipinski definition) is 4. The van der Waals surface area contributed by atoms with E-state index in [1.165, 1.54) is 16.9 Å². The summed E-state index contributed by atoms with van der Waals surface area (Å²) in [6.07, 6.45) is 2.74. The Hall–Kier alpha value is -2.53. The van der Waals surface area contributed by atoms with Crippen molar-refractivity contribution in [2.24, 2.45) is 0 Å². The SMILES string of the molecule is CCc1ccc(-c2nc(C)c(C(=O)Nc3ccc(C)cn3)s2)cc1. The van der Waals surface area contributed by atoms with Crippen LogP contribution in [0.2, 0.25) is 0 Å². The van der Waals surface area contributed by atoms with Crippen molar-refractivity contribution in [3.8, 4) is 10.6 Å². The number of rotatable bonds is 4. The minimum Gasteiger partial charge on any atom is -0.306 e. The van der Waals surface area contributed by atoms with E-state index in [0.29, 0.717) is 10.7 Å². The van der Waals surface area contributed by atoms with Crippen LogP contribution in [-0.4, -0.2) is 15.9 Å². The summed E-state index contributed by atoms with van der Waals surface area (Å²) in [7, 11) is 0. The van der Waals surface area contributed by atoms with Crippen LogP contribution in [0.4, 0.5) is 5.82 Å². The molecule has 3 rings (SSSR count). The summed E-state index contributed by atoms with van der Waals surface area (Å²) in [6, 6.07) is 12.0. The molecule has 122 valence electrons. The van der Waals surface area contributed by atoms with Crippen LogP contribution in [0.3, 0.4) is 0 Å². The molecule has 2 aromatic heterocycles. The number of carbonyl (C=O) groups excluding carboxylic acids is 1. The number of nitrogens with one attached hydrogen (secondary N) is 1. The van der Waals surface area contributed by atoms with Crippen LogP contribution in [0.1, 0.15) is 33.4 Å². The number of aromatic nitrogens is 2. The topological polar surface area (TPSA) is 54.9 Å². The monoisotopic (exact) mass is 337 g/mol. The first-order chi connectivity index (χ1) is 11.6. The lowest BCUT2D eigenvalue weighted by Gasteiger charge is -2.03. The molecule has 1 aromatic carbocycles. The number of benzene rings is 1. The van der Waals surface area contributed by atoms with E-state index in [4.69, 9.17) is 0 Å². The van der Waals surface area contributed by atoms with Gasteiger partial charge in [-0.25, -0.2) is 9.97 Å². The van der Waals surface area contributed by atoms with Crippen molar-refractivity contribution in [3.05, 3.63) is 64.3 Å². The van der Waals surface area contributed by atoms with Gasteiger partial charge in [0.25, 0.3) is 5.91 Å². The second-order valence-corrected chi connectivity index (χ2v) is 6.66. The van der Waals surface area contributed by atoms with Gasteiger partial charge in [0.05, 0.1) is 5.69 Å². The lowest BCUT2D eigenvalue weighted by Crippen LogP contribution is -2.12. The van der Waals surface area contributed by atoms with Gasteiger partial charge in [-0.3, -0.25) is 4.79 Å². The Labute approximate surface area is 145 Å². The number of aryl methyl sites for hydroxylation is 3. The fourth-order valence-corrected chi connectivity index (χ4v) is 3.30.